The third kappa shape index (κ3) is 3.91. The Morgan fingerprint density at radius 3 is 2.61 bits per heavy atom. The normalized spacial score (nSPS) is 24.7. The van der Waals surface area contributed by atoms with E-state index in [-0.39, 0.29) is 4.90 Å². The van der Waals surface area contributed by atoms with Crippen molar-refractivity contribution in [3.8, 4) is 0 Å². The van der Waals surface area contributed by atoms with E-state index in [1.807, 2.05) is 0 Å². The van der Waals surface area contributed by atoms with Gasteiger partial charge in [-0.3, -0.25) is 0 Å². The quantitative estimate of drug-likeness (QED) is 0.855. The number of sulfonamides is 1. The van der Waals surface area contributed by atoms with E-state index in [0.717, 1.165) is 39.1 Å². The summed E-state index contributed by atoms with van der Waals surface area (Å²) in [4.78, 5) is 1.15. The molecule has 2 aliphatic heterocycles. The van der Waals surface area contributed by atoms with Crippen LogP contribution in [0.4, 0.5) is 4.39 Å². The molecular formula is C16H24FN2O3S+. The molecule has 1 aromatic carbocycles. The maximum atomic E-state index is 13.8. The van der Waals surface area contributed by atoms with Crippen LogP contribution < -0.4 is 4.90 Å². The third-order valence-electron chi connectivity index (χ3n) is 4.67. The van der Waals surface area contributed by atoms with Crippen molar-refractivity contribution >= 4 is 10.0 Å². The lowest BCUT2D eigenvalue weighted by atomic mass is 10.1. The van der Waals surface area contributed by atoms with E-state index < -0.39 is 15.8 Å². The van der Waals surface area contributed by atoms with Gasteiger partial charge in [0, 0.05) is 6.61 Å². The summed E-state index contributed by atoms with van der Waals surface area (Å²) in [5, 5.41) is 0. The summed E-state index contributed by atoms with van der Waals surface area (Å²) in [6.45, 7) is 4.12. The fraction of sp³-hybridized carbons (Fsp3) is 0.625. The fourth-order valence-electron chi connectivity index (χ4n) is 3.33. The third-order valence-corrected chi connectivity index (χ3v) is 6.61. The van der Waals surface area contributed by atoms with Crippen molar-refractivity contribution in [3.05, 3.63) is 30.1 Å². The molecule has 0 unspecified atom stereocenters. The highest BCUT2D eigenvalue weighted by molar-refractivity contribution is 7.89. The summed E-state index contributed by atoms with van der Waals surface area (Å²) in [5.41, 5.74) is 0. The zero-order valence-electron chi connectivity index (χ0n) is 13.2. The van der Waals surface area contributed by atoms with Crippen LogP contribution in [0.1, 0.15) is 19.3 Å². The Bertz CT molecular complexity index is 624. The number of hydrogen-bond donors (Lipinski definition) is 1. The first-order valence-corrected chi connectivity index (χ1v) is 9.71. The maximum absolute atomic E-state index is 13.8. The molecule has 1 aromatic rings. The minimum atomic E-state index is -3.74. The van der Waals surface area contributed by atoms with Crippen molar-refractivity contribution in [2.75, 3.05) is 39.3 Å². The molecule has 0 saturated carbocycles. The van der Waals surface area contributed by atoms with Gasteiger partial charge in [0.25, 0.3) is 0 Å². The van der Waals surface area contributed by atoms with Crippen LogP contribution >= 0.6 is 0 Å². The number of benzene rings is 1. The smallest absolute Gasteiger partial charge is 0.246 e. The van der Waals surface area contributed by atoms with E-state index in [9.17, 15) is 12.8 Å². The highest BCUT2D eigenvalue weighted by Gasteiger charge is 2.33. The predicted molar refractivity (Wildman–Crippen MR) is 84.3 cm³/mol. The van der Waals surface area contributed by atoms with Crippen LogP contribution in [0.25, 0.3) is 0 Å². The van der Waals surface area contributed by atoms with Crippen molar-refractivity contribution in [2.24, 2.45) is 0 Å². The Morgan fingerprint density at radius 2 is 1.96 bits per heavy atom. The minimum absolute atomic E-state index is 0.223. The summed E-state index contributed by atoms with van der Waals surface area (Å²) in [6, 6.07) is 5.58. The minimum Gasteiger partial charge on any atom is -0.372 e. The molecule has 5 nitrogen and oxygen atoms in total. The zero-order chi connectivity index (χ0) is 16.3. The lowest BCUT2D eigenvalue weighted by molar-refractivity contribution is -0.907. The number of piperazine rings is 1. The Balaban J connectivity index is 1.59. The largest absolute Gasteiger partial charge is 0.372 e. The Morgan fingerprint density at radius 1 is 1.22 bits per heavy atom. The lowest BCUT2D eigenvalue weighted by Crippen LogP contribution is -3.15. The first-order valence-electron chi connectivity index (χ1n) is 8.27. The standard InChI is InChI=1S/C16H23FN2O3S/c17-15-6-1-2-7-16(15)23(20,21)19-10-8-18(9-11-19)13-14-5-3-4-12-22-14/h1-2,6-7,14H,3-5,8-13H2/p+1/t14-/m1/s1. The molecular weight excluding hydrogens is 319 g/mol. The van der Waals surface area contributed by atoms with Gasteiger partial charge in [0.05, 0.1) is 26.2 Å². The van der Waals surface area contributed by atoms with Crippen LogP contribution in [0.5, 0.6) is 0 Å². The van der Waals surface area contributed by atoms with Crippen molar-refractivity contribution in [1.82, 2.24) is 4.31 Å². The van der Waals surface area contributed by atoms with Gasteiger partial charge in [0.15, 0.2) is 0 Å². The SMILES string of the molecule is O=S(=O)(c1ccccc1F)N1CC[NH+](C[C@H]2CCCCO2)CC1. The number of hydrogen-bond acceptors (Lipinski definition) is 3. The highest BCUT2D eigenvalue weighted by Crippen LogP contribution is 2.18. The highest BCUT2D eigenvalue weighted by atomic mass is 32.2. The van der Waals surface area contributed by atoms with Gasteiger partial charge in [-0.2, -0.15) is 4.31 Å². The number of halogens is 1. The van der Waals surface area contributed by atoms with Crippen LogP contribution in [-0.4, -0.2) is 58.2 Å². The number of nitrogens with one attached hydrogen (secondary N) is 1. The fourth-order valence-corrected chi connectivity index (χ4v) is 4.84. The van der Waals surface area contributed by atoms with Gasteiger partial charge in [-0.15, -0.1) is 0 Å². The molecule has 0 aromatic heterocycles. The Labute approximate surface area is 137 Å². The molecule has 7 heteroatoms. The summed E-state index contributed by atoms with van der Waals surface area (Å²) >= 11 is 0. The molecule has 0 amide bonds. The van der Waals surface area contributed by atoms with Gasteiger partial charge in [0.1, 0.15) is 23.4 Å². The molecule has 0 bridgehead atoms. The molecule has 2 aliphatic rings. The number of rotatable bonds is 4. The van der Waals surface area contributed by atoms with Crippen molar-refractivity contribution in [1.29, 1.82) is 0 Å². The monoisotopic (exact) mass is 343 g/mol. The molecule has 0 aliphatic carbocycles. The molecule has 0 spiro atoms. The molecule has 0 radical (unpaired) electrons. The zero-order valence-corrected chi connectivity index (χ0v) is 14.0. The van der Waals surface area contributed by atoms with Crippen molar-refractivity contribution < 1.29 is 22.4 Å². The maximum Gasteiger partial charge on any atom is 0.246 e. The second-order valence-corrected chi connectivity index (χ2v) is 8.18. The first kappa shape index (κ1) is 16.8. The summed E-state index contributed by atoms with van der Waals surface area (Å²) < 4.78 is 46.1. The molecule has 128 valence electrons. The average molecular weight is 343 g/mol. The van der Waals surface area contributed by atoms with Gasteiger partial charge >= 0.3 is 0 Å². The average Bonchev–Trinajstić information content (AvgIpc) is 2.56. The molecule has 2 fully saturated rings. The number of ether oxygens (including phenoxy) is 1. The molecule has 2 heterocycles. The molecule has 1 atom stereocenters. The second kappa shape index (κ2) is 7.25. The van der Waals surface area contributed by atoms with Gasteiger partial charge in [-0.25, -0.2) is 12.8 Å². The van der Waals surface area contributed by atoms with Crippen LogP contribution in [-0.2, 0) is 14.8 Å². The van der Waals surface area contributed by atoms with E-state index >= 15 is 0 Å². The van der Waals surface area contributed by atoms with Crippen molar-refractivity contribution in [3.63, 3.8) is 0 Å². The molecule has 3 rings (SSSR count). The second-order valence-electron chi connectivity index (χ2n) is 6.28. The molecule has 23 heavy (non-hydrogen) atoms. The topological polar surface area (TPSA) is 51.0 Å². The summed E-state index contributed by atoms with van der Waals surface area (Å²) in [6.07, 6.45) is 3.75. The van der Waals surface area contributed by atoms with Gasteiger partial charge in [-0.1, -0.05) is 12.1 Å². The van der Waals surface area contributed by atoms with E-state index in [1.54, 1.807) is 6.07 Å². The van der Waals surface area contributed by atoms with E-state index in [1.165, 1.54) is 33.8 Å². The number of quaternary nitrogens is 1. The summed E-state index contributed by atoms with van der Waals surface area (Å²) in [7, 11) is -3.74. The van der Waals surface area contributed by atoms with Gasteiger partial charge < -0.3 is 9.64 Å². The Hall–Kier alpha value is -1.02. The predicted octanol–water partition coefficient (Wildman–Crippen LogP) is 0.284. The van der Waals surface area contributed by atoms with Crippen LogP contribution in [0.15, 0.2) is 29.2 Å². The van der Waals surface area contributed by atoms with E-state index in [0.29, 0.717) is 19.2 Å². The number of nitrogens with zero attached hydrogens (tertiary/aromatic N) is 1. The van der Waals surface area contributed by atoms with Crippen LogP contribution in [0.3, 0.4) is 0 Å². The lowest BCUT2D eigenvalue weighted by Gasteiger charge is -2.34. The van der Waals surface area contributed by atoms with Crippen LogP contribution in [0.2, 0.25) is 0 Å². The first-order chi connectivity index (χ1) is 11.1. The van der Waals surface area contributed by atoms with Crippen LogP contribution in [0, 0.1) is 5.82 Å². The molecule has 2 saturated heterocycles. The van der Waals surface area contributed by atoms with Crippen molar-refractivity contribution in [2.45, 2.75) is 30.3 Å². The van der Waals surface area contributed by atoms with Gasteiger partial charge in [0.2, 0.25) is 10.0 Å². The van der Waals surface area contributed by atoms with E-state index in [4.69, 9.17) is 4.74 Å². The summed E-state index contributed by atoms with van der Waals surface area (Å²) in [5.74, 6) is -0.683. The Kier molecular flexibility index (Phi) is 5.31. The van der Waals surface area contributed by atoms with Gasteiger partial charge in [-0.05, 0) is 31.4 Å². The molecule has 1 N–H and O–H groups in total. The van der Waals surface area contributed by atoms with E-state index in [2.05, 4.69) is 0 Å².